The van der Waals surface area contributed by atoms with E-state index in [2.05, 4.69) is 10.4 Å². The Kier molecular flexibility index (Phi) is 10.9. The van der Waals surface area contributed by atoms with Crippen molar-refractivity contribution in [3.05, 3.63) is 59.2 Å². The van der Waals surface area contributed by atoms with Gasteiger partial charge in [-0.25, -0.2) is 0 Å². The summed E-state index contributed by atoms with van der Waals surface area (Å²) in [4.78, 5) is 35.4. The number of carbonyl (C=O) groups excluding carboxylic acids is 1. The molecule has 1 atom stereocenters. The number of nitrogens with one attached hydrogen (secondary N) is 2. The summed E-state index contributed by atoms with van der Waals surface area (Å²) in [7, 11) is 0. The van der Waals surface area contributed by atoms with E-state index in [1.54, 1.807) is 42.6 Å². The zero-order valence-electron chi connectivity index (χ0n) is 22.3. The SMILES string of the molecule is C/C=N/N1CCC(Oc2ccc(C(=O)N[C@@H](COc3cc(C(=N)N)ccc3CCC(=O)O)CC(=O)O)cc2)CC1. The lowest BCUT2D eigenvalue weighted by Gasteiger charge is -2.30. The lowest BCUT2D eigenvalue weighted by molar-refractivity contribution is -0.138. The summed E-state index contributed by atoms with van der Waals surface area (Å²) in [5.41, 5.74) is 6.83. The van der Waals surface area contributed by atoms with Gasteiger partial charge in [-0.1, -0.05) is 12.1 Å². The number of nitrogen functional groups attached to an aromatic ring is 1. The first-order chi connectivity index (χ1) is 19.1. The molecule has 1 aliphatic heterocycles. The summed E-state index contributed by atoms with van der Waals surface area (Å²) in [6.07, 6.45) is 3.13. The highest BCUT2D eigenvalue weighted by Gasteiger charge is 2.21. The van der Waals surface area contributed by atoms with Gasteiger partial charge in [0.15, 0.2) is 0 Å². The second-order valence-corrected chi connectivity index (χ2v) is 9.38. The summed E-state index contributed by atoms with van der Waals surface area (Å²) in [5, 5.41) is 35.1. The minimum absolute atomic E-state index is 0.0574. The minimum Gasteiger partial charge on any atom is -0.491 e. The van der Waals surface area contributed by atoms with E-state index >= 15 is 0 Å². The van der Waals surface area contributed by atoms with Gasteiger partial charge in [-0.3, -0.25) is 24.8 Å². The monoisotopic (exact) mass is 553 g/mol. The zero-order valence-corrected chi connectivity index (χ0v) is 22.3. The Morgan fingerprint density at radius 3 is 2.40 bits per heavy atom. The van der Waals surface area contributed by atoms with Crippen LogP contribution in [0.3, 0.4) is 0 Å². The number of amidine groups is 1. The minimum atomic E-state index is -1.13. The molecule has 0 spiro atoms. The van der Waals surface area contributed by atoms with Crippen LogP contribution in [0, 0.1) is 5.41 Å². The third kappa shape index (κ3) is 9.29. The number of carboxylic acids is 2. The third-order valence-electron chi connectivity index (χ3n) is 6.30. The van der Waals surface area contributed by atoms with Crippen molar-refractivity contribution in [3.63, 3.8) is 0 Å². The highest BCUT2D eigenvalue weighted by molar-refractivity contribution is 5.95. The van der Waals surface area contributed by atoms with E-state index in [-0.39, 0.29) is 37.1 Å². The smallest absolute Gasteiger partial charge is 0.305 e. The number of hydrogen-bond donors (Lipinski definition) is 5. The lowest BCUT2D eigenvalue weighted by atomic mass is 10.0. The number of carbonyl (C=O) groups is 3. The van der Waals surface area contributed by atoms with Crippen LogP contribution in [0.25, 0.3) is 0 Å². The largest absolute Gasteiger partial charge is 0.491 e. The molecule has 6 N–H and O–H groups in total. The Morgan fingerprint density at radius 1 is 1.12 bits per heavy atom. The summed E-state index contributed by atoms with van der Waals surface area (Å²) in [5.74, 6) is -1.88. The maximum Gasteiger partial charge on any atom is 0.305 e. The number of carboxylic acid groups (broad SMARTS) is 2. The third-order valence-corrected chi connectivity index (χ3v) is 6.30. The molecule has 0 aliphatic carbocycles. The van der Waals surface area contributed by atoms with E-state index in [4.69, 9.17) is 25.7 Å². The molecule has 1 saturated heterocycles. The predicted molar refractivity (Wildman–Crippen MR) is 148 cm³/mol. The predicted octanol–water partition coefficient (Wildman–Crippen LogP) is 2.49. The van der Waals surface area contributed by atoms with Crippen LogP contribution in [-0.2, 0) is 16.0 Å². The van der Waals surface area contributed by atoms with Crippen LogP contribution in [0.4, 0.5) is 0 Å². The molecular formula is C28H35N5O7. The van der Waals surface area contributed by atoms with Gasteiger partial charge in [-0.2, -0.15) is 5.10 Å². The number of ether oxygens (including phenoxy) is 2. The van der Waals surface area contributed by atoms with Crippen molar-refractivity contribution in [2.75, 3.05) is 19.7 Å². The molecule has 12 nitrogen and oxygen atoms in total. The molecule has 0 aromatic heterocycles. The molecule has 1 heterocycles. The molecule has 3 rings (SSSR count). The first-order valence-electron chi connectivity index (χ1n) is 13.0. The van der Waals surface area contributed by atoms with Crippen LogP contribution >= 0.6 is 0 Å². The Bertz CT molecular complexity index is 1220. The maximum atomic E-state index is 12.9. The van der Waals surface area contributed by atoms with Gasteiger partial charge >= 0.3 is 11.9 Å². The van der Waals surface area contributed by atoms with Crippen molar-refractivity contribution in [1.82, 2.24) is 10.3 Å². The number of benzene rings is 2. The van der Waals surface area contributed by atoms with Gasteiger partial charge in [0.25, 0.3) is 5.91 Å². The normalized spacial score (nSPS) is 14.5. The molecule has 2 aromatic rings. The number of rotatable bonds is 14. The fourth-order valence-corrected chi connectivity index (χ4v) is 4.24. The van der Waals surface area contributed by atoms with E-state index in [0.29, 0.717) is 22.4 Å². The van der Waals surface area contributed by atoms with E-state index < -0.39 is 30.3 Å². The van der Waals surface area contributed by atoms with Crippen LogP contribution in [-0.4, -0.2) is 77.0 Å². The number of aliphatic carboxylic acids is 2. The average molecular weight is 554 g/mol. The molecule has 1 amide bonds. The fourth-order valence-electron chi connectivity index (χ4n) is 4.24. The maximum absolute atomic E-state index is 12.9. The van der Waals surface area contributed by atoms with Gasteiger partial charge in [-0.15, -0.1) is 0 Å². The van der Waals surface area contributed by atoms with Crippen molar-refractivity contribution < 1.29 is 34.1 Å². The summed E-state index contributed by atoms with van der Waals surface area (Å²) in [6, 6.07) is 10.4. The van der Waals surface area contributed by atoms with Gasteiger partial charge in [0, 0.05) is 49.7 Å². The number of aryl methyl sites for hydroxylation is 1. The van der Waals surface area contributed by atoms with Crippen LogP contribution in [0.15, 0.2) is 47.6 Å². The molecule has 0 bridgehead atoms. The molecule has 12 heteroatoms. The summed E-state index contributed by atoms with van der Waals surface area (Å²) >= 11 is 0. The summed E-state index contributed by atoms with van der Waals surface area (Å²) in [6.45, 7) is 3.30. The highest BCUT2D eigenvalue weighted by atomic mass is 16.5. The van der Waals surface area contributed by atoms with Gasteiger partial charge in [0.1, 0.15) is 30.0 Å². The standard InChI is InChI=1S/C28H35N5O7/c1-2-31-33-13-11-23(12-14-33)40-22-8-5-19(6-9-22)28(38)32-21(16-26(36)37)17-39-24-15-20(27(29)30)4-3-18(24)7-10-25(34)35/h2-6,8-9,15,21,23H,7,10-14,16-17H2,1H3,(H3,29,30)(H,32,38)(H,34,35)(H,36,37)/b31-2+/t21-/m1/s1. The lowest BCUT2D eigenvalue weighted by Crippen LogP contribution is -2.40. The Hall–Kier alpha value is -4.61. The van der Waals surface area contributed by atoms with E-state index in [1.165, 1.54) is 6.07 Å². The Morgan fingerprint density at radius 2 is 1.80 bits per heavy atom. The molecule has 0 radical (unpaired) electrons. The molecule has 0 unspecified atom stereocenters. The molecule has 2 aromatic carbocycles. The quantitative estimate of drug-likeness (QED) is 0.173. The Labute approximate surface area is 232 Å². The van der Waals surface area contributed by atoms with Crippen molar-refractivity contribution in [1.29, 1.82) is 5.41 Å². The van der Waals surface area contributed by atoms with Gasteiger partial charge in [-0.05, 0) is 49.2 Å². The van der Waals surface area contributed by atoms with Gasteiger partial charge in [0.05, 0.1) is 12.5 Å². The second-order valence-electron chi connectivity index (χ2n) is 9.38. The first-order valence-corrected chi connectivity index (χ1v) is 13.0. The van der Waals surface area contributed by atoms with E-state index in [0.717, 1.165) is 25.9 Å². The number of amides is 1. The molecular weight excluding hydrogens is 518 g/mol. The Balaban J connectivity index is 1.62. The topological polar surface area (TPSA) is 188 Å². The van der Waals surface area contributed by atoms with Crippen molar-refractivity contribution in [2.24, 2.45) is 10.8 Å². The molecule has 1 aliphatic rings. The highest BCUT2D eigenvalue weighted by Crippen LogP contribution is 2.23. The first kappa shape index (κ1) is 29.9. The summed E-state index contributed by atoms with van der Waals surface area (Å²) < 4.78 is 11.9. The molecule has 1 fully saturated rings. The van der Waals surface area contributed by atoms with Crippen molar-refractivity contribution in [2.45, 2.75) is 51.2 Å². The number of nitrogens with zero attached hydrogens (tertiary/aromatic N) is 2. The van der Waals surface area contributed by atoms with Gasteiger partial charge < -0.3 is 30.7 Å². The fraction of sp³-hybridized carbons (Fsp3) is 0.393. The van der Waals surface area contributed by atoms with Crippen LogP contribution < -0.4 is 20.5 Å². The van der Waals surface area contributed by atoms with Crippen molar-refractivity contribution >= 4 is 29.9 Å². The number of hydrogen-bond acceptors (Lipinski definition) is 8. The van der Waals surface area contributed by atoms with Crippen molar-refractivity contribution in [3.8, 4) is 11.5 Å². The average Bonchev–Trinajstić information content (AvgIpc) is 2.92. The number of nitrogens with two attached hydrogens (primary N) is 1. The second kappa shape index (κ2) is 14.5. The molecule has 214 valence electrons. The van der Waals surface area contributed by atoms with Gasteiger partial charge in [0.2, 0.25) is 0 Å². The van der Waals surface area contributed by atoms with Crippen LogP contribution in [0.5, 0.6) is 11.5 Å². The number of piperidine rings is 1. The van der Waals surface area contributed by atoms with Crippen LogP contribution in [0.2, 0.25) is 0 Å². The zero-order chi connectivity index (χ0) is 29.1. The molecule has 40 heavy (non-hydrogen) atoms. The van der Waals surface area contributed by atoms with E-state index in [9.17, 15) is 19.5 Å². The molecule has 0 saturated carbocycles. The number of hydrazone groups is 1. The van der Waals surface area contributed by atoms with E-state index in [1.807, 2.05) is 11.9 Å². The van der Waals surface area contributed by atoms with Crippen LogP contribution in [0.1, 0.15) is 54.1 Å².